The van der Waals surface area contributed by atoms with Crippen molar-refractivity contribution in [1.29, 1.82) is 5.26 Å². The van der Waals surface area contributed by atoms with Gasteiger partial charge in [-0.15, -0.1) is 0 Å². The van der Waals surface area contributed by atoms with Crippen LogP contribution >= 0.6 is 0 Å². The SMILES string of the molecule is N#Cc1ccccc1NC(=O)CCOC(=O)C12CC3CC(CC(O)(C3)C1)C2. The Hall–Kier alpha value is -2.39. The minimum Gasteiger partial charge on any atom is -0.465 e. The zero-order chi connectivity index (χ0) is 19.1. The highest BCUT2D eigenvalue weighted by molar-refractivity contribution is 5.92. The largest absolute Gasteiger partial charge is 0.465 e. The minimum atomic E-state index is -0.707. The lowest BCUT2D eigenvalue weighted by molar-refractivity contribution is -0.196. The van der Waals surface area contributed by atoms with Crippen LogP contribution in [0.1, 0.15) is 50.5 Å². The lowest BCUT2D eigenvalue weighted by atomic mass is 9.48. The third-order valence-corrected chi connectivity index (χ3v) is 6.35. The molecule has 2 N–H and O–H groups in total. The Kier molecular flexibility index (Phi) is 4.43. The van der Waals surface area contributed by atoms with Crippen LogP contribution < -0.4 is 5.32 Å². The third kappa shape index (κ3) is 3.44. The molecule has 27 heavy (non-hydrogen) atoms. The number of carbonyl (C=O) groups is 2. The fourth-order valence-electron chi connectivity index (χ4n) is 5.74. The molecule has 4 bridgehead atoms. The van der Waals surface area contributed by atoms with E-state index in [2.05, 4.69) is 5.32 Å². The highest BCUT2D eigenvalue weighted by Gasteiger charge is 2.60. The lowest BCUT2D eigenvalue weighted by Gasteiger charge is -2.58. The number of nitrogens with one attached hydrogen (secondary N) is 1. The first-order valence-corrected chi connectivity index (χ1v) is 9.60. The molecule has 0 aliphatic heterocycles. The molecule has 6 nitrogen and oxygen atoms in total. The number of carbonyl (C=O) groups excluding carboxylic acids is 2. The van der Waals surface area contributed by atoms with Crippen LogP contribution in [-0.4, -0.2) is 29.2 Å². The minimum absolute atomic E-state index is 0.00883. The summed E-state index contributed by atoms with van der Waals surface area (Å²) in [6.07, 6.45) is 4.85. The number of benzene rings is 1. The molecule has 2 unspecified atom stereocenters. The van der Waals surface area contributed by atoms with Gasteiger partial charge >= 0.3 is 5.97 Å². The molecule has 1 amide bonds. The van der Waals surface area contributed by atoms with Crippen LogP contribution in [0.2, 0.25) is 0 Å². The molecule has 0 radical (unpaired) electrons. The van der Waals surface area contributed by atoms with Crippen LogP contribution in [-0.2, 0) is 14.3 Å². The van der Waals surface area contributed by atoms with E-state index < -0.39 is 11.0 Å². The van der Waals surface area contributed by atoms with Crippen molar-refractivity contribution in [3.63, 3.8) is 0 Å². The first-order valence-electron chi connectivity index (χ1n) is 9.60. The summed E-state index contributed by atoms with van der Waals surface area (Å²) in [5, 5.41) is 22.5. The number of hydrogen-bond acceptors (Lipinski definition) is 5. The monoisotopic (exact) mass is 368 g/mol. The van der Waals surface area contributed by atoms with Gasteiger partial charge in [0.1, 0.15) is 12.7 Å². The van der Waals surface area contributed by atoms with E-state index in [1.165, 1.54) is 0 Å². The Morgan fingerprint density at radius 1 is 1.22 bits per heavy atom. The Morgan fingerprint density at radius 2 is 1.93 bits per heavy atom. The number of para-hydroxylation sites is 1. The van der Waals surface area contributed by atoms with Crippen molar-refractivity contribution in [2.75, 3.05) is 11.9 Å². The van der Waals surface area contributed by atoms with Crippen LogP contribution in [0.25, 0.3) is 0 Å². The van der Waals surface area contributed by atoms with Crippen LogP contribution in [0.15, 0.2) is 24.3 Å². The smallest absolute Gasteiger partial charge is 0.312 e. The van der Waals surface area contributed by atoms with E-state index in [0.29, 0.717) is 29.5 Å². The number of hydrogen-bond donors (Lipinski definition) is 2. The molecule has 5 rings (SSSR count). The van der Waals surface area contributed by atoms with Gasteiger partial charge in [-0.1, -0.05) is 12.1 Å². The summed E-state index contributed by atoms with van der Waals surface area (Å²) >= 11 is 0. The Balaban J connectivity index is 1.31. The predicted octanol–water partition coefficient (Wildman–Crippen LogP) is 2.76. The van der Waals surface area contributed by atoms with E-state index in [1.807, 2.05) is 6.07 Å². The molecule has 4 aliphatic carbocycles. The Morgan fingerprint density at radius 3 is 2.59 bits per heavy atom. The van der Waals surface area contributed by atoms with E-state index in [1.54, 1.807) is 24.3 Å². The molecule has 4 fully saturated rings. The zero-order valence-corrected chi connectivity index (χ0v) is 15.2. The highest BCUT2D eigenvalue weighted by atomic mass is 16.5. The van der Waals surface area contributed by atoms with Gasteiger partial charge in [0.15, 0.2) is 0 Å². The number of anilines is 1. The molecule has 6 heteroatoms. The van der Waals surface area contributed by atoms with Gasteiger partial charge in [0.2, 0.25) is 5.91 Å². The Bertz CT molecular complexity index is 799. The highest BCUT2D eigenvalue weighted by Crippen LogP contribution is 2.61. The molecular weight excluding hydrogens is 344 g/mol. The Labute approximate surface area is 158 Å². The van der Waals surface area contributed by atoms with Gasteiger partial charge in [0.05, 0.1) is 28.7 Å². The first kappa shape index (κ1) is 18.0. The summed E-state index contributed by atoms with van der Waals surface area (Å²) in [7, 11) is 0. The molecule has 1 aromatic carbocycles. The van der Waals surface area contributed by atoms with Crippen molar-refractivity contribution in [3.8, 4) is 6.07 Å². The fourth-order valence-corrected chi connectivity index (χ4v) is 5.74. The number of rotatable bonds is 5. The number of amides is 1. The fraction of sp³-hybridized carbons (Fsp3) is 0.571. The van der Waals surface area contributed by atoms with Crippen molar-refractivity contribution in [2.45, 2.75) is 50.5 Å². The third-order valence-electron chi connectivity index (χ3n) is 6.35. The van der Waals surface area contributed by atoms with Crippen molar-refractivity contribution in [3.05, 3.63) is 29.8 Å². The second-order valence-corrected chi connectivity index (χ2v) is 8.56. The number of nitriles is 1. The van der Waals surface area contributed by atoms with Crippen LogP contribution in [0.4, 0.5) is 5.69 Å². The molecule has 0 aromatic heterocycles. The topological polar surface area (TPSA) is 99.4 Å². The molecule has 142 valence electrons. The predicted molar refractivity (Wildman–Crippen MR) is 97.4 cm³/mol. The van der Waals surface area contributed by atoms with Gasteiger partial charge in [-0.25, -0.2) is 0 Å². The molecule has 2 atom stereocenters. The second kappa shape index (κ2) is 6.65. The van der Waals surface area contributed by atoms with Crippen LogP contribution in [0.3, 0.4) is 0 Å². The van der Waals surface area contributed by atoms with E-state index in [4.69, 9.17) is 10.00 Å². The number of ether oxygens (including phenoxy) is 1. The normalized spacial score (nSPS) is 33.3. The van der Waals surface area contributed by atoms with Crippen molar-refractivity contribution in [2.24, 2.45) is 17.3 Å². The van der Waals surface area contributed by atoms with Gasteiger partial charge in [0.25, 0.3) is 0 Å². The van der Waals surface area contributed by atoms with E-state index in [0.717, 1.165) is 32.1 Å². The second-order valence-electron chi connectivity index (χ2n) is 8.56. The number of esters is 1. The van der Waals surface area contributed by atoms with Crippen molar-refractivity contribution in [1.82, 2.24) is 0 Å². The molecule has 1 aromatic rings. The molecule has 0 saturated heterocycles. The first-order chi connectivity index (χ1) is 12.9. The van der Waals surface area contributed by atoms with E-state index in [9.17, 15) is 14.7 Å². The quantitative estimate of drug-likeness (QED) is 0.779. The van der Waals surface area contributed by atoms with Crippen molar-refractivity contribution < 1.29 is 19.4 Å². The zero-order valence-electron chi connectivity index (χ0n) is 15.2. The van der Waals surface area contributed by atoms with Gasteiger partial charge in [-0.2, -0.15) is 5.26 Å². The lowest BCUT2D eigenvalue weighted by Crippen LogP contribution is -2.58. The van der Waals surface area contributed by atoms with Gasteiger partial charge in [-0.05, 0) is 62.5 Å². The molecule has 4 aliphatic rings. The summed E-state index contributed by atoms with van der Waals surface area (Å²) in [6.45, 7) is 0.00883. The maximum atomic E-state index is 12.8. The van der Waals surface area contributed by atoms with Crippen LogP contribution in [0, 0.1) is 28.6 Å². The molecule has 4 saturated carbocycles. The maximum absolute atomic E-state index is 12.8. The summed E-state index contributed by atoms with van der Waals surface area (Å²) in [6, 6.07) is 8.80. The average molecular weight is 368 g/mol. The summed E-state index contributed by atoms with van der Waals surface area (Å²) in [5.41, 5.74) is -0.422. The van der Waals surface area contributed by atoms with Gasteiger partial charge in [-0.3, -0.25) is 9.59 Å². The molecule has 0 spiro atoms. The molecule has 0 heterocycles. The standard InChI is InChI=1S/C21H24N2O4/c22-12-16-3-1-2-4-17(16)23-18(24)5-6-27-19(25)20-8-14-7-15(9-20)11-21(26,10-14)13-20/h1-4,14-15,26H,5-11,13H2,(H,23,24). The summed E-state index contributed by atoms with van der Waals surface area (Å²) in [4.78, 5) is 24.9. The van der Waals surface area contributed by atoms with Crippen molar-refractivity contribution >= 4 is 17.6 Å². The maximum Gasteiger partial charge on any atom is 0.312 e. The van der Waals surface area contributed by atoms with Gasteiger partial charge in [0, 0.05) is 0 Å². The van der Waals surface area contributed by atoms with E-state index in [-0.39, 0.29) is 24.9 Å². The number of nitrogens with zero attached hydrogens (tertiary/aromatic N) is 1. The van der Waals surface area contributed by atoms with E-state index >= 15 is 0 Å². The summed E-state index contributed by atoms with van der Waals surface area (Å²) < 4.78 is 5.46. The van der Waals surface area contributed by atoms with Crippen LogP contribution in [0.5, 0.6) is 0 Å². The average Bonchev–Trinajstić information content (AvgIpc) is 2.60. The van der Waals surface area contributed by atoms with Gasteiger partial charge < -0.3 is 15.2 Å². The summed E-state index contributed by atoms with van der Waals surface area (Å²) in [5.74, 6) is 0.263. The number of aliphatic hydroxyl groups is 1. The molecular formula is C21H24N2O4.